The molecular formula is C17H18F3N5O. The fourth-order valence-corrected chi connectivity index (χ4v) is 3.22. The summed E-state index contributed by atoms with van der Waals surface area (Å²) >= 11 is 0. The van der Waals surface area contributed by atoms with Crippen LogP contribution >= 0.6 is 0 Å². The Morgan fingerprint density at radius 2 is 2.08 bits per heavy atom. The molecule has 9 heteroatoms. The molecular weight excluding hydrogens is 347 g/mol. The summed E-state index contributed by atoms with van der Waals surface area (Å²) in [5.41, 5.74) is -0.603. The number of hydrogen-bond acceptors (Lipinski definition) is 5. The van der Waals surface area contributed by atoms with Crippen molar-refractivity contribution < 1.29 is 18.3 Å². The minimum absolute atomic E-state index is 0.0187. The average molecular weight is 365 g/mol. The maximum absolute atomic E-state index is 12.9. The first-order chi connectivity index (χ1) is 12.4. The van der Waals surface area contributed by atoms with E-state index >= 15 is 0 Å². The summed E-state index contributed by atoms with van der Waals surface area (Å²) in [4.78, 5) is 2.99. The van der Waals surface area contributed by atoms with Gasteiger partial charge in [-0.05, 0) is 43.9 Å². The number of halogens is 3. The van der Waals surface area contributed by atoms with Gasteiger partial charge in [-0.3, -0.25) is 0 Å². The first-order valence-electron chi connectivity index (χ1n) is 8.36. The van der Waals surface area contributed by atoms with E-state index in [0.717, 1.165) is 36.2 Å². The van der Waals surface area contributed by atoms with E-state index in [4.69, 9.17) is 0 Å². The summed E-state index contributed by atoms with van der Waals surface area (Å²) in [5, 5.41) is 27.0. The van der Waals surface area contributed by atoms with Gasteiger partial charge in [0.25, 0.3) is 0 Å². The van der Waals surface area contributed by atoms with Gasteiger partial charge in [0.05, 0.1) is 11.3 Å². The number of piperidine rings is 1. The summed E-state index contributed by atoms with van der Waals surface area (Å²) in [6, 6.07) is 6.67. The lowest BCUT2D eigenvalue weighted by atomic mass is 9.99. The Bertz CT molecular complexity index is 809. The van der Waals surface area contributed by atoms with E-state index in [2.05, 4.69) is 10.2 Å². The largest absolute Gasteiger partial charge is 0.416 e. The van der Waals surface area contributed by atoms with Gasteiger partial charge in [0, 0.05) is 19.2 Å². The second-order valence-electron chi connectivity index (χ2n) is 6.18. The van der Waals surface area contributed by atoms with Crippen molar-refractivity contribution in [2.24, 2.45) is 0 Å². The number of benzene rings is 1. The Labute approximate surface area is 148 Å². The molecule has 1 aliphatic rings. The summed E-state index contributed by atoms with van der Waals surface area (Å²) < 4.78 is 38.8. The van der Waals surface area contributed by atoms with Crippen molar-refractivity contribution in [3.8, 4) is 11.8 Å². The first kappa shape index (κ1) is 18.2. The molecule has 1 aliphatic heterocycles. The fraction of sp³-hybridized carbons (Fsp3) is 0.471. The molecule has 1 fully saturated rings. The van der Waals surface area contributed by atoms with Crippen LogP contribution in [-0.2, 0) is 6.18 Å². The standard InChI is InChI=1S/C17H18F3N5O/c18-17(19,20)12-4-3-6-14(10-12)25-22-15(11-21)16(23-25)24-8-2-1-5-13(24)7-9-26/h3-4,6,10,13,26H,1-2,5,7-9H2. The average Bonchev–Trinajstić information content (AvgIpc) is 3.06. The number of anilines is 1. The molecule has 0 saturated carbocycles. The van der Waals surface area contributed by atoms with Gasteiger partial charge in [-0.25, -0.2) is 0 Å². The number of rotatable bonds is 4. The molecule has 1 aromatic heterocycles. The van der Waals surface area contributed by atoms with Crippen LogP contribution in [0.2, 0.25) is 0 Å². The highest BCUT2D eigenvalue weighted by Crippen LogP contribution is 2.31. The first-order valence-corrected chi connectivity index (χ1v) is 8.36. The zero-order valence-corrected chi connectivity index (χ0v) is 13.9. The monoisotopic (exact) mass is 365 g/mol. The van der Waals surface area contributed by atoms with Crippen LogP contribution in [0.15, 0.2) is 24.3 Å². The lowest BCUT2D eigenvalue weighted by Crippen LogP contribution is -2.40. The van der Waals surface area contributed by atoms with Crippen LogP contribution < -0.4 is 4.90 Å². The number of aromatic nitrogens is 3. The Hall–Kier alpha value is -2.60. The minimum Gasteiger partial charge on any atom is -0.396 e. The van der Waals surface area contributed by atoms with Crippen molar-refractivity contribution in [1.82, 2.24) is 15.0 Å². The molecule has 1 N–H and O–H groups in total. The van der Waals surface area contributed by atoms with Crippen LogP contribution in [0.4, 0.5) is 19.0 Å². The van der Waals surface area contributed by atoms with E-state index in [9.17, 15) is 23.5 Å². The number of nitriles is 1. The molecule has 0 amide bonds. The van der Waals surface area contributed by atoms with Gasteiger partial charge < -0.3 is 10.0 Å². The quantitative estimate of drug-likeness (QED) is 0.901. The molecule has 2 aromatic rings. The topological polar surface area (TPSA) is 78.0 Å². The van der Waals surface area contributed by atoms with Gasteiger partial charge in [0.1, 0.15) is 6.07 Å². The normalized spacial score (nSPS) is 18.0. The molecule has 0 radical (unpaired) electrons. The maximum Gasteiger partial charge on any atom is 0.416 e. The van der Waals surface area contributed by atoms with Gasteiger partial charge in [0.15, 0.2) is 5.82 Å². The third-order valence-corrected chi connectivity index (χ3v) is 4.47. The van der Waals surface area contributed by atoms with E-state index < -0.39 is 11.7 Å². The third-order valence-electron chi connectivity index (χ3n) is 4.47. The van der Waals surface area contributed by atoms with E-state index in [1.54, 1.807) is 0 Å². The summed E-state index contributed by atoms with van der Waals surface area (Å²) in [6.45, 7) is 0.686. The highest BCUT2D eigenvalue weighted by Gasteiger charge is 2.31. The number of aliphatic hydroxyl groups excluding tert-OH is 1. The van der Waals surface area contributed by atoms with E-state index in [0.29, 0.717) is 18.8 Å². The molecule has 0 bridgehead atoms. The van der Waals surface area contributed by atoms with Crippen LogP contribution in [0.25, 0.3) is 5.69 Å². The van der Waals surface area contributed by atoms with Crippen molar-refractivity contribution in [2.45, 2.75) is 37.9 Å². The molecule has 6 nitrogen and oxygen atoms in total. The molecule has 138 valence electrons. The van der Waals surface area contributed by atoms with Crippen LogP contribution in [0.3, 0.4) is 0 Å². The Kier molecular flexibility index (Phi) is 5.13. The second-order valence-corrected chi connectivity index (χ2v) is 6.18. The zero-order chi connectivity index (χ0) is 18.7. The SMILES string of the molecule is N#Cc1nn(-c2cccc(C(F)(F)F)c2)nc1N1CCCCC1CCO. The van der Waals surface area contributed by atoms with Crippen molar-refractivity contribution in [1.29, 1.82) is 5.26 Å². The fourth-order valence-electron chi connectivity index (χ4n) is 3.22. The molecule has 1 aromatic carbocycles. The lowest BCUT2D eigenvalue weighted by Gasteiger charge is -2.35. The molecule has 0 spiro atoms. The Morgan fingerprint density at radius 3 is 2.77 bits per heavy atom. The lowest BCUT2D eigenvalue weighted by molar-refractivity contribution is -0.137. The van der Waals surface area contributed by atoms with Gasteiger partial charge in [-0.15, -0.1) is 15.0 Å². The van der Waals surface area contributed by atoms with Crippen molar-refractivity contribution >= 4 is 5.82 Å². The highest BCUT2D eigenvalue weighted by atomic mass is 19.4. The smallest absolute Gasteiger partial charge is 0.396 e. The molecule has 2 heterocycles. The van der Waals surface area contributed by atoms with Crippen molar-refractivity contribution in [2.75, 3.05) is 18.1 Å². The Balaban J connectivity index is 1.98. The van der Waals surface area contributed by atoms with Gasteiger partial charge in [-0.2, -0.15) is 18.4 Å². The van der Waals surface area contributed by atoms with Crippen LogP contribution in [0.1, 0.15) is 36.9 Å². The summed E-state index contributed by atoms with van der Waals surface area (Å²) in [6.07, 6.45) is -1.12. The summed E-state index contributed by atoms with van der Waals surface area (Å²) in [7, 11) is 0. The zero-order valence-electron chi connectivity index (χ0n) is 13.9. The predicted octanol–water partition coefficient (Wildman–Crippen LogP) is 2.90. The molecule has 1 unspecified atom stereocenters. The summed E-state index contributed by atoms with van der Waals surface area (Å²) in [5.74, 6) is 0.350. The van der Waals surface area contributed by atoms with E-state index in [1.807, 2.05) is 11.0 Å². The molecule has 1 saturated heterocycles. The van der Waals surface area contributed by atoms with Gasteiger partial charge in [-0.1, -0.05) is 6.07 Å². The number of hydrogen-bond donors (Lipinski definition) is 1. The van der Waals surface area contributed by atoms with Gasteiger partial charge >= 0.3 is 6.18 Å². The number of nitrogens with zero attached hydrogens (tertiary/aromatic N) is 5. The number of aliphatic hydroxyl groups is 1. The molecule has 0 aliphatic carbocycles. The number of alkyl halides is 3. The molecule has 26 heavy (non-hydrogen) atoms. The highest BCUT2D eigenvalue weighted by molar-refractivity contribution is 5.51. The van der Waals surface area contributed by atoms with E-state index in [1.165, 1.54) is 12.1 Å². The maximum atomic E-state index is 12.9. The van der Waals surface area contributed by atoms with Crippen molar-refractivity contribution in [3.63, 3.8) is 0 Å². The van der Waals surface area contributed by atoms with E-state index in [-0.39, 0.29) is 24.0 Å². The van der Waals surface area contributed by atoms with Crippen LogP contribution in [-0.4, -0.2) is 39.3 Å². The van der Waals surface area contributed by atoms with Gasteiger partial charge in [0.2, 0.25) is 5.69 Å². The molecule has 1 atom stereocenters. The van der Waals surface area contributed by atoms with Crippen LogP contribution in [0, 0.1) is 11.3 Å². The van der Waals surface area contributed by atoms with Crippen molar-refractivity contribution in [3.05, 3.63) is 35.5 Å². The minimum atomic E-state index is -4.47. The Morgan fingerprint density at radius 1 is 1.27 bits per heavy atom. The predicted molar refractivity (Wildman–Crippen MR) is 87.8 cm³/mol. The second kappa shape index (κ2) is 7.33. The van der Waals surface area contributed by atoms with Crippen LogP contribution in [0.5, 0.6) is 0 Å². The third kappa shape index (κ3) is 3.65. The molecule has 3 rings (SSSR count).